The van der Waals surface area contributed by atoms with Crippen molar-refractivity contribution in [3.63, 3.8) is 0 Å². The number of anilines is 2. The summed E-state index contributed by atoms with van der Waals surface area (Å²) >= 11 is 6.35. The summed E-state index contributed by atoms with van der Waals surface area (Å²) < 4.78 is 52.8. The van der Waals surface area contributed by atoms with Gasteiger partial charge >= 0.3 is 6.18 Å². The number of nitrogens with one attached hydrogen (secondary N) is 1. The van der Waals surface area contributed by atoms with Gasteiger partial charge in [-0.2, -0.15) is 13.2 Å². The van der Waals surface area contributed by atoms with E-state index in [9.17, 15) is 13.2 Å². The van der Waals surface area contributed by atoms with Crippen molar-refractivity contribution in [3.05, 3.63) is 48.1 Å². The molecule has 1 fully saturated rings. The zero-order valence-electron chi connectivity index (χ0n) is 21.6. The molecule has 212 valence electrons. The molecule has 0 bridgehead atoms. The second-order valence-electron chi connectivity index (χ2n) is 9.55. The minimum Gasteiger partial charge on any atom is -0.487 e. The Balaban J connectivity index is 1.30. The highest BCUT2D eigenvalue weighted by Gasteiger charge is 2.30. The molecule has 0 amide bonds. The van der Waals surface area contributed by atoms with Crippen molar-refractivity contribution in [1.29, 1.82) is 0 Å². The van der Waals surface area contributed by atoms with Crippen molar-refractivity contribution in [3.8, 4) is 22.8 Å². The fourth-order valence-corrected chi connectivity index (χ4v) is 4.63. The summed E-state index contributed by atoms with van der Waals surface area (Å²) in [5.74, 6) is 0.513. The topological polar surface area (TPSA) is 118 Å². The molecule has 3 aromatic heterocycles. The van der Waals surface area contributed by atoms with Crippen LogP contribution in [0.5, 0.6) is 11.6 Å². The van der Waals surface area contributed by atoms with E-state index in [-0.39, 0.29) is 29.7 Å². The molecule has 1 saturated carbocycles. The third-order valence-corrected chi connectivity index (χ3v) is 6.66. The van der Waals surface area contributed by atoms with Crippen LogP contribution in [0.15, 0.2) is 43.1 Å². The van der Waals surface area contributed by atoms with Crippen molar-refractivity contribution in [2.75, 3.05) is 11.9 Å². The Morgan fingerprint density at radius 3 is 2.60 bits per heavy atom. The average Bonchev–Trinajstić information content (AvgIpc) is 3.59. The van der Waals surface area contributed by atoms with Crippen LogP contribution >= 0.6 is 11.6 Å². The van der Waals surface area contributed by atoms with E-state index in [1.54, 1.807) is 40.1 Å². The van der Waals surface area contributed by atoms with Crippen LogP contribution < -0.4 is 14.8 Å². The Morgan fingerprint density at radius 1 is 1.12 bits per heavy atom. The Kier molecular flexibility index (Phi) is 8.33. The molecule has 0 spiro atoms. The van der Waals surface area contributed by atoms with Crippen molar-refractivity contribution in [2.45, 2.75) is 63.9 Å². The van der Waals surface area contributed by atoms with Gasteiger partial charge in [0, 0.05) is 18.0 Å². The van der Waals surface area contributed by atoms with E-state index in [2.05, 4.69) is 35.9 Å². The van der Waals surface area contributed by atoms with E-state index in [0.29, 0.717) is 22.9 Å². The standard InChI is InChI=1S/C25H27ClF3N9O2/c1-16(12-37-15-32-35-36-37)40-22-9-17(7-8-20(22)26)18-10-30-24(31-11-18)33-21-13-38(19-5-3-2-4-6-19)34-23(21)39-14-25(27,28)29/h7-11,13,15-16,19H,2-6,12,14H2,1H3,(H,30,31,33)/t16-/m0/s1. The molecule has 1 aliphatic rings. The first-order chi connectivity index (χ1) is 19.2. The maximum Gasteiger partial charge on any atom is 0.422 e. The van der Waals surface area contributed by atoms with Gasteiger partial charge < -0.3 is 14.8 Å². The van der Waals surface area contributed by atoms with E-state index < -0.39 is 12.8 Å². The third-order valence-electron chi connectivity index (χ3n) is 6.35. The molecular formula is C25H27ClF3N9O2. The van der Waals surface area contributed by atoms with Gasteiger partial charge in [-0.1, -0.05) is 36.9 Å². The van der Waals surface area contributed by atoms with E-state index in [1.165, 1.54) is 6.33 Å². The summed E-state index contributed by atoms with van der Waals surface area (Å²) in [5, 5.41) is 18.7. The molecule has 15 heteroatoms. The summed E-state index contributed by atoms with van der Waals surface area (Å²) in [6, 6.07) is 5.41. The highest BCUT2D eigenvalue weighted by Crippen LogP contribution is 2.34. The highest BCUT2D eigenvalue weighted by atomic mass is 35.5. The van der Waals surface area contributed by atoms with E-state index in [0.717, 1.165) is 37.7 Å². The van der Waals surface area contributed by atoms with Gasteiger partial charge in [-0.3, -0.25) is 4.68 Å². The molecule has 5 rings (SSSR count). The maximum atomic E-state index is 12.8. The van der Waals surface area contributed by atoms with Gasteiger partial charge in [0.25, 0.3) is 5.88 Å². The Hall–Kier alpha value is -3.94. The smallest absolute Gasteiger partial charge is 0.422 e. The predicted molar refractivity (Wildman–Crippen MR) is 140 cm³/mol. The zero-order chi connectivity index (χ0) is 28.1. The van der Waals surface area contributed by atoms with Gasteiger partial charge in [0.1, 0.15) is 23.9 Å². The molecule has 1 aliphatic carbocycles. The fourth-order valence-electron chi connectivity index (χ4n) is 4.47. The lowest BCUT2D eigenvalue weighted by Crippen LogP contribution is -2.20. The Bertz CT molecular complexity index is 1390. The van der Waals surface area contributed by atoms with Gasteiger partial charge in [-0.25, -0.2) is 14.6 Å². The highest BCUT2D eigenvalue weighted by molar-refractivity contribution is 6.32. The Morgan fingerprint density at radius 2 is 1.90 bits per heavy atom. The van der Waals surface area contributed by atoms with Crippen molar-refractivity contribution < 1.29 is 22.6 Å². The van der Waals surface area contributed by atoms with Gasteiger partial charge in [0.15, 0.2) is 6.61 Å². The monoisotopic (exact) mass is 577 g/mol. The number of hydrogen-bond donors (Lipinski definition) is 1. The van der Waals surface area contributed by atoms with Crippen molar-refractivity contribution in [1.82, 2.24) is 40.0 Å². The fraction of sp³-hybridized carbons (Fsp3) is 0.440. The van der Waals surface area contributed by atoms with Gasteiger partial charge in [0.05, 0.1) is 23.8 Å². The van der Waals surface area contributed by atoms with Crippen LogP contribution in [0.25, 0.3) is 11.1 Å². The van der Waals surface area contributed by atoms with Gasteiger partial charge in [-0.05, 0) is 47.9 Å². The summed E-state index contributed by atoms with van der Waals surface area (Å²) in [5.41, 5.74) is 1.72. The minimum absolute atomic E-state index is 0.109. The lowest BCUT2D eigenvalue weighted by molar-refractivity contribution is -0.154. The van der Waals surface area contributed by atoms with Crippen LogP contribution in [-0.4, -0.2) is 58.8 Å². The molecule has 3 heterocycles. The van der Waals surface area contributed by atoms with Crippen LogP contribution in [0.2, 0.25) is 5.02 Å². The number of aromatic nitrogens is 8. The number of halogens is 4. The summed E-state index contributed by atoms with van der Waals surface area (Å²) in [4.78, 5) is 8.70. The SMILES string of the molecule is C[C@@H](Cn1cnnn1)Oc1cc(-c2cnc(Nc3cn(C4CCCCC4)nc3OCC(F)(F)F)nc2)ccc1Cl. The zero-order valence-corrected chi connectivity index (χ0v) is 22.3. The minimum atomic E-state index is -4.49. The first-order valence-electron chi connectivity index (χ1n) is 12.8. The molecule has 1 N–H and O–H groups in total. The van der Waals surface area contributed by atoms with Crippen LogP contribution in [0.4, 0.5) is 24.8 Å². The second kappa shape index (κ2) is 12.1. The number of rotatable bonds is 10. The molecule has 0 aliphatic heterocycles. The quantitative estimate of drug-likeness (QED) is 0.255. The molecular weight excluding hydrogens is 551 g/mol. The molecule has 11 nitrogen and oxygen atoms in total. The number of tetrazole rings is 1. The molecule has 1 atom stereocenters. The molecule has 40 heavy (non-hydrogen) atoms. The number of alkyl halides is 3. The molecule has 1 aromatic carbocycles. The lowest BCUT2D eigenvalue weighted by atomic mass is 9.96. The van der Waals surface area contributed by atoms with Crippen molar-refractivity contribution in [2.24, 2.45) is 0 Å². The second-order valence-corrected chi connectivity index (χ2v) is 9.96. The summed E-state index contributed by atoms with van der Waals surface area (Å²) in [6.45, 7) is 0.860. The average molecular weight is 578 g/mol. The first kappa shape index (κ1) is 27.6. The van der Waals surface area contributed by atoms with E-state index in [4.69, 9.17) is 21.1 Å². The number of ether oxygens (including phenoxy) is 2. The maximum absolute atomic E-state index is 12.8. The number of nitrogens with zero attached hydrogens (tertiary/aromatic N) is 8. The van der Waals surface area contributed by atoms with Crippen LogP contribution in [0, 0.1) is 0 Å². The van der Waals surface area contributed by atoms with Crippen molar-refractivity contribution >= 4 is 23.2 Å². The third kappa shape index (κ3) is 7.17. The van der Waals surface area contributed by atoms with Crippen LogP contribution in [0.1, 0.15) is 45.1 Å². The van der Waals surface area contributed by atoms with Crippen LogP contribution in [-0.2, 0) is 6.54 Å². The summed E-state index contributed by atoms with van der Waals surface area (Å²) in [6.07, 6.45) is 6.64. The largest absolute Gasteiger partial charge is 0.487 e. The number of hydrogen-bond acceptors (Lipinski definition) is 9. The predicted octanol–water partition coefficient (Wildman–Crippen LogP) is 5.64. The molecule has 0 saturated heterocycles. The molecule has 0 radical (unpaired) electrons. The van der Waals surface area contributed by atoms with Crippen LogP contribution in [0.3, 0.4) is 0 Å². The molecule has 4 aromatic rings. The van der Waals surface area contributed by atoms with E-state index in [1.807, 2.05) is 13.0 Å². The molecule has 0 unspecified atom stereocenters. The first-order valence-corrected chi connectivity index (χ1v) is 13.2. The lowest BCUT2D eigenvalue weighted by Gasteiger charge is -2.21. The van der Waals surface area contributed by atoms with Gasteiger partial charge in [-0.15, -0.1) is 10.2 Å². The van der Waals surface area contributed by atoms with E-state index >= 15 is 0 Å². The summed E-state index contributed by atoms with van der Waals surface area (Å²) in [7, 11) is 0. The Labute approximate surface area is 232 Å². The van der Waals surface area contributed by atoms with Gasteiger partial charge in [0.2, 0.25) is 5.95 Å². The normalized spacial score (nSPS) is 15.1. The number of benzene rings is 1.